The van der Waals surface area contributed by atoms with Crippen molar-refractivity contribution in [2.75, 3.05) is 12.3 Å². The number of hydrogen-bond acceptors (Lipinski definition) is 2. The van der Waals surface area contributed by atoms with Crippen LogP contribution in [0.5, 0.6) is 0 Å². The highest BCUT2D eigenvalue weighted by Crippen LogP contribution is 2.23. The highest BCUT2D eigenvalue weighted by Gasteiger charge is 2.20. The van der Waals surface area contributed by atoms with Gasteiger partial charge in [0.1, 0.15) is 0 Å². The standard InChI is InChI=1S/C15H21NOS/c17-15(13-7-3-1-4-8-13)16-11-12-18-14-9-5-2-6-10-14/h2,5-6,9-10,13H,1,3-4,7-8,11-12H2,(H,16,17). The molecule has 0 atom stereocenters. The third-order valence-electron chi connectivity index (χ3n) is 3.39. The van der Waals surface area contributed by atoms with E-state index in [1.54, 1.807) is 11.8 Å². The number of nitrogens with one attached hydrogen (secondary N) is 1. The first-order valence-corrected chi connectivity index (χ1v) is 7.80. The molecule has 0 heterocycles. The van der Waals surface area contributed by atoms with E-state index >= 15 is 0 Å². The zero-order chi connectivity index (χ0) is 12.6. The van der Waals surface area contributed by atoms with E-state index in [-0.39, 0.29) is 11.8 Å². The Morgan fingerprint density at radius 1 is 1.17 bits per heavy atom. The van der Waals surface area contributed by atoms with E-state index in [9.17, 15) is 4.79 Å². The zero-order valence-corrected chi connectivity index (χ0v) is 11.5. The van der Waals surface area contributed by atoms with E-state index in [4.69, 9.17) is 0 Å². The van der Waals surface area contributed by atoms with Gasteiger partial charge in [-0.15, -0.1) is 11.8 Å². The summed E-state index contributed by atoms with van der Waals surface area (Å²) in [6.45, 7) is 0.773. The van der Waals surface area contributed by atoms with Crippen LogP contribution in [0.3, 0.4) is 0 Å². The molecule has 1 N–H and O–H groups in total. The van der Waals surface area contributed by atoms with E-state index in [0.29, 0.717) is 0 Å². The lowest BCUT2D eigenvalue weighted by Crippen LogP contribution is -2.33. The first-order valence-electron chi connectivity index (χ1n) is 6.82. The van der Waals surface area contributed by atoms with Gasteiger partial charge in [0.25, 0.3) is 0 Å². The fourth-order valence-corrected chi connectivity index (χ4v) is 3.16. The minimum atomic E-state index is 0.267. The summed E-state index contributed by atoms with van der Waals surface area (Å²) in [6, 6.07) is 10.3. The summed E-state index contributed by atoms with van der Waals surface area (Å²) in [4.78, 5) is 13.2. The van der Waals surface area contributed by atoms with Crippen molar-refractivity contribution >= 4 is 17.7 Å². The number of benzene rings is 1. The quantitative estimate of drug-likeness (QED) is 0.651. The average molecular weight is 263 g/mol. The van der Waals surface area contributed by atoms with Crippen LogP contribution in [0, 0.1) is 5.92 Å². The van der Waals surface area contributed by atoms with Crippen molar-refractivity contribution in [2.24, 2.45) is 5.92 Å². The van der Waals surface area contributed by atoms with Crippen molar-refractivity contribution in [3.63, 3.8) is 0 Å². The molecule has 18 heavy (non-hydrogen) atoms. The molecule has 98 valence electrons. The van der Waals surface area contributed by atoms with Gasteiger partial charge >= 0.3 is 0 Å². The molecule has 0 saturated heterocycles. The van der Waals surface area contributed by atoms with Gasteiger partial charge in [-0.25, -0.2) is 0 Å². The Balaban J connectivity index is 1.61. The van der Waals surface area contributed by atoms with Crippen molar-refractivity contribution in [3.8, 4) is 0 Å². The summed E-state index contributed by atoms with van der Waals surface area (Å²) >= 11 is 1.79. The van der Waals surface area contributed by atoms with Crippen LogP contribution in [0.1, 0.15) is 32.1 Å². The maximum absolute atomic E-state index is 11.9. The number of carbonyl (C=O) groups is 1. The summed E-state index contributed by atoms with van der Waals surface area (Å²) < 4.78 is 0. The largest absolute Gasteiger partial charge is 0.355 e. The van der Waals surface area contributed by atoms with Crippen LogP contribution in [-0.2, 0) is 4.79 Å². The van der Waals surface area contributed by atoms with Gasteiger partial charge in [0.2, 0.25) is 5.91 Å². The summed E-state index contributed by atoms with van der Waals surface area (Å²) in [5, 5.41) is 3.06. The molecule has 0 radical (unpaired) electrons. The van der Waals surface area contributed by atoms with Crippen molar-refractivity contribution in [2.45, 2.75) is 37.0 Å². The molecular weight excluding hydrogens is 242 g/mol. The first kappa shape index (κ1) is 13.5. The van der Waals surface area contributed by atoms with Crippen LogP contribution in [0.15, 0.2) is 35.2 Å². The van der Waals surface area contributed by atoms with Gasteiger partial charge in [0.05, 0.1) is 0 Å². The lowest BCUT2D eigenvalue weighted by molar-refractivity contribution is -0.125. The molecule has 1 saturated carbocycles. The smallest absolute Gasteiger partial charge is 0.223 e. The second kappa shape index (κ2) is 7.47. The molecule has 2 nitrogen and oxygen atoms in total. The SMILES string of the molecule is O=C(NCCSc1ccccc1)C1CCCCC1. The summed E-state index contributed by atoms with van der Waals surface area (Å²) in [5.74, 6) is 1.49. The predicted octanol–water partition coefficient (Wildman–Crippen LogP) is 3.48. The zero-order valence-electron chi connectivity index (χ0n) is 10.7. The van der Waals surface area contributed by atoms with Crippen molar-refractivity contribution < 1.29 is 4.79 Å². The van der Waals surface area contributed by atoms with Gasteiger partial charge in [0, 0.05) is 23.1 Å². The van der Waals surface area contributed by atoms with Gasteiger partial charge in [-0.3, -0.25) is 4.79 Å². The molecule has 2 rings (SSSR count). The van der Waals surface area contributed by atoms with Crippen molar-refractivity contribution in [1.29, 1.82) is 0 Å². The molecule has 3 heteroatoms. The van der Waals surface area contributed by atoms with Crippen molar-refractivity contribution in [3.05, 3.63) is 30.3 Å². The third kappa shape index (κ3) is 4.37. The Morgan fingerprint density at radius 3 is 2.61 bits per heavy atom. The number of hydrogen-bond donors (Lipinski definition) is 1. The monoisotopic (exact) mass is 263 g/mol. The van der Waals surface area contributed by atoms with E-state index in [2.05, 4.69) is 17.4 Å². The minimum Gasteiger partial charge on any atom is -0.355 e. The lowest BCUT2D eigenvalue weighted by Gasteiger charge is -2.20. The summed E-state index contributed by atoms with van der Waals surface area (Å²) in [7, 11) is 0. The van der Waals surface area contributed by atoms with Gasteiger partial charge in [-0.1, -0.05) is 37.5 Å². The molecule has 0 bridgehead atoms. The van der Waals surface area contributed by atoms with Crippen LogP contribution in [0.25, 0.3) is 0 Å². The molecule has 1 fully saturated rings. The predicted molar refractivity (Wildman–Crippen MR) is 76.8 cm³/mol. The Morgan fingerprint density at radius 2 is 1.89 bits per heavy atom. The molecule has 1 aromatic carbocycles. The van der Waals surface area contributed by atoms with Gasteiger partial charge in [0.15, 0.2) is 0 Å². The maximum Gasteiger partial charge on any atom is 0.223 e. The van der Waals surface area contributed by atoms with Crippen LogP contribution >= 0.6 is 11.8 Å². The van der Waals surface area contributed by atoms with Crippen LogP contribution in [-0.4, -0.2) is 18.2 Å². The second-order valence-electron chi connectivity index (χ2n) is 4.79. The second-order valence-corrected chi connectivity index (χ2v) is 5.96. The number of carbonyl (C=O) groups excluding carboxylic acids is 1. The Labute approximate surface area is 114 Å². The summed E-state index contributed by atoms with van der Waals surface area (Å²) in [6.07, 6.45) is 5.90. The number of thioether (sulfide) groups is 1. The molecule has 1 amide bonds. The van der Waals surface area contributed by atoms with E-state index in [1.165, 1.54) is 24.2 Å². The lowest BCUT2D eigenvalue weighted by atomic mass is 9.89. The molecule has 0 aromatic heterocycles. The molecule has 0 unspecified atom stereocenters. The average Bonchev–Trinajstić information content (AvgIpc) is 2.45. The Kier molecular flexibility index (Phi) is 5.59. The first-order chi connectivity index (χ1) is 8.86. The number of rotatable bonds is 5. The van der Waals surface area contributed by atoms with Gasteiger partial charge in [-0.2, -0.15) is 0 Å². The molecule has 0 aliphatic heterocycles. The molecule has 1 aliphatic carbocycles. The molecule has 1 aromatic rings. The van der Waals surface area contributed by atoms with Crippen molar-refractivity contribution in [1.82, 2.24) is 5.32 Å². The normalized spacial score (nSPS) is 16.4. The molecular formula is C15H21NOS. The topological polar surface area (TPSA) is 29.1 Å². The van der Waals surface area contributed by atoms with E-state index < -0.39 is 0 Å². The van der Waals surface area contributed by atoms with Crippen LogP contribution in [0.2, 0.25) is 0 Å². The molecule has 0 spiro atoms. The Bertz CT molecular complexity index is 360. The summed E-state index contributed by atoms with van der Waals surface area (Å²) in [5.41, 5.74) is 0. The van der Waals surface area contributed by atoms with E-state index in [1.807, 2.05) is 18.2 Å². The minimum absolute atomic E-state index is 0.267. The fourth-order valence-electron chi connectivity index (χ4n) is 2.37. The van der Waals surface area contributed by atoms with Crippen LogP contribution in [0.4, 0.5) is 0 Å². The fraction of sp³-hybridized carbons (Fsp3) is 0.533. The third-order valence-corrected chi connectivity index (χ3v) is 4.40. The highest BCUT2D eigenvalue weighted by atomic mass is 32.2. The van der Waals surface area contributed by atoms with Gasteiger partial charge < -0.3 is 5.32 Å². The number of amides is 1. The highest BCUT2D eigenvalue weighted by molar-refractivity contribution is 7.99. The van der Waals surface area contributed by atoms with Crippen LogP contribution < -0.4 is 5.32 Å². The maximum atomic E-state index is 11.9. The molecule has 1 aliphatic rings. The van der Waals surface area contributed by atoms with E-state index in [0.717, 1.165) is 25.1 Å². The van der Waals surface area contributed by atoms with Gasteiger partial charge in [-0.05, 0) is 25.0 Å². The Hall–Kier alpha value is -0.960.